The molecule has 0 radical (unpaired) electrons. The zero-order valence-corrected chi connectivity index (χ0v) is 21.5. The normalized spacial score (nSPS) is 11.9. The van der Waals surface area contributed by atoms with Crippen molar-refractivity contribution >= 4 is 17.6 Å². The molecular weight excluding hydrogens is 414 g/mol. The quantitative estimate of drug-likeness (QED) is 0.170. The first kappa shape index (κ1) is 29.0. The van der Waals surface area contributed by atoms with Gasteiger partial charge in [-0.2, -0.15) is 0 Å². The van der Waals surface area contributed by atoms with Crippen LogP contribution in [0, 0.1) is 5.92 Å². The van der Waals surface area contributed by atoms with Crippen molar-refractivity contribution in [2.24, 2.45) is 5.92 Å². The highest BCUT2D eigenvalue weighted by Crippen LogP contribution is 2.17. The number of nitrogens with one attached hydrogen (secondary N) is 1. The first-order valence-electron chi connectivity index (χ1n) is 13.2. The molecule has 0 aromatic heterocycles. The fourth-order valence-corrected chi connectivity index (χ4v) is 3.92. The fourth-order valence-electron chi connectivity index (χ4n) is 3.92. The Hall–Kier alpha value is -2.04. The summed E-state index contributed by atoms with van der Waals surface area (Å²) in [6.45, 7) is 9.10. The molecule has 1 rings (SSSR count). The van der Waals surface area contributed by atoms with Crippen LogP contribution in [0.25, 0.3) is 0 Å². The number of hydrogen-bond donors (Lipinski definition) is 1. The maximum absolute atomic E-state index is 11.9. The number of unbranched alkanes of at least 4 members (excludes halogenated alkanes) is 9. The lowest BCUT2D eigenvalue weighted by atomic mass is 9.98. The van der Waals surface area contributed by atoms with E-state index in [2.05, 4.69) is 12.2 Å². The maximum atomic E-state index is 11.9. The second-order valence-electron chi connectivity index (χ2n) is 9.14. The van der Waals surface area contributed by atoms with E-state index >= 15 is 0 Å². The molecule has 0 aliphatic heterocycles. The number of carbonyl (C=O) groups is 2. The van der Waals surface area contributed by atoms with E-state index in [1.54, 1.807) is 0 Å². The largest absolute Gasteiger partial charge is 0.466 e. The van der Waals surface area contributed by atoms with Crippen molar-refractivity contribution in [2.45, 2.75) is 111 Å². The Morgan fingerprint density at radius 3 is 1.88 bits per heavy atom. The average molecular weight is 462 g/mol. The molecule has 5 nitrogen and oxygen atoms in total. The molecule has 0 fully saturated rings. The summed E-state index contributed by atoms with van der Waals surface area (Å²) < 4.78 is 10.3. The summed E-state index contributed by atoms with van der Waals surface area (Å²) in [5, 5.41) is 3.43. The van der Waals surface area contributed by atoms with Gasteiger partial charge in [-0.3, -0.25) is 4.79 Å². The highest BCUT2D eigenvalue weighted by molar-refractivity contribution is 5.89. The topological polar surface area (TPSA) is 64.6 Å². The lowest BCUT2D eigenvalue weighted by Gasteiger charge is -2.13. The van der Waals surface area contributed by atoms with E-state index in [1.165, 1.54) is 51.4 Å². The molecule has 1 aromatic carbocycles. The summed E-state index contributed by atoms with van der Waals surface area (Å²) in [6, 6.07) is 7.51. The highest BCUT2D eigenvalue weighted by atomic mass is 16.5. The van der Waals surface area contributed by atoms with Gasteiger partial charge in [0.25, 0.3) is 0 Å². The smallest absolute Gasteiger partial charge is 0.338 e. The predicted molar refractivity (Wildman–Crippen MR) is 137 cm³/mol. The molecule has 1 unspecified atom stereocenters. The molecule has 0 saturated carbocycles. The molecule has 33 heavy (non-hydrogen) atoms. The summed E-state index contributed by atoms with van der Waals surface area (Å²) in [7, 11) is 0. The molecule has 0 aliphatic carbocycles. The second-order valence-corrected chi connectivity index (χ2v) is 9.14. The molecule has 1 atom stereocenters. The van der Waals surface area contributed by atoms with E-state index in [4.69, 9.17) is 9.47 Å². The molecular formula is C28H47NO4. The third kappa shape index (κ3) is 14.0. The summed E-state index contributed by atoms with van der Waals surface area (Å²) in [6.07, 6.45) is 14.3. The molecule has 0 aliphatic rings. The van der Waals surface area contributed by atoms with E-state index in [-0.39, 0.29) is 24.0 Å². The Bertz CT molecular complexity index is 642. The fraction of sp³-hybridized carbons (Fsp3) is 0.714. The zero-order valence-electron chi connectivity index (χ0n) is 21.5. The monoisotopic (exact) mass is 461 g/mol. The number of carbonyl (C=O) groups excluding carboxylic acids is 2. The van der Waals surface area contributed by atoms with Gasteiger partial charge in [0.15, 0.2) is 0 Å². The van der Waals surface area contributed by atoms with Gasteiger partial charge in [0.1, 0.15) is 0 Å². The summed E-state index contributed by atoms with van der Waals surface area (Å²) >= 11 is 0. The molecule has 0 saturated heterocycles. The SMILES string of the molecule is CCOC(=O)C(CC)CCCCCCCCCCCCNc1ccc(C(=O)OC(C)C)cc1. The van der Waals surface area contributed by atoms with Crippen LogP contribution in [0.1, 0.15) is 115 Å². The molecule has 0 bridgehead atoms. The lowest BCUT2D eigenvalue weighted by molar-refractivity contribution is -0.148. The van der Waals surface area contributed by atoms with E-state index in [0.29, 0.717) is 12.2 Å². The lowest BCUT2D eigenvalue weighted by Crippen LogP contribution is -2.16. The van der Waals surface area contributed by atoms with Gasteiger partial charge < -0.3 is 14.8 Å². The number of benzene rings is 1. The van der Waals surface area contributed by atoms with Gasteiger partial charge in [-0.1, -0.05) is 64.7 Å². The van der Waals surface area contributed by atoms with Crippen LogP contribution in [0.4, 0.5) is 5.69 Å². The number of hydrogen-bond acceptors (Lipinski definition) is 5. The Labute approximate surface area is 202 Å². The molecule has 1 aromatic rings. The van der Waals surface area contributed by atoms with Gasteiger partial charge in [-0.05, 0) is 64.3 Å². The van der Waals surface area contributed by atoms with Crippen LogP contribution in [0.5, 0.6) is 0 Å². The van der Waals surface area contributed by atoms with Crippen LogP contribution in [-0.2, 0) is 14.3 Å². The number of anilines is 1. The van der Waals surface area contributed by atoms with E-state index in [9.17, 15) is 9.59 Å². The molecule has 188 valence electrons. The van der Waals surface area contributed by atoms with E-state index < -0.39 is 0 Å². The summed E-state index contributed by atoms with van der Waals surface area (Å²) in [4.78, 5) is 23.7. The standard InChI is InChI=1S/C28H47NO4/c1-5-24(27(30)32-6-2)17-15-13-11-9-7-8-10-12-14-16-22-29-26-20-18-25(19-21-26)28(31)33-23(3)4/h18-21,23-24,29H,5-17,22H2,1-4H3. The molecule has 5 heteroatoms. The van der Waals surface area contributed by atoms with Crippen molar-refractivity contribution < 1.29 is 19.1 Å². The van der Waals surface area contributed by atoms with Gasteiger partial charge in [0.2, 0.25) is 0 Å². The Morgan fingerprint density at radius 2 is 1.36 bits per heavy atom. The van der Waals surface area contributed by atoms with E-state index in [0.717, 1.165) is 37.9 Å². The van der Waals surface area contributed by atoms with Crippen LogP contribution in [0.2, 0.25) is 0 Å². The summed E-state index contributed by atoms with van der Waals surface area (Å²) in [5.74, 6) is -0.195. The molecule has 0 spiro atoms. The third-order valence-electron chi connectivity index (χ3n) is 5.88. The van der Waals surface area contributed by atoms with Gasteiger partial charge in [-0.15, -0.1) is 0 Å². The third-order valence-corrected chi connectivity index (χ3v) is 5.88. The summed E-state index contributed by atoms with van der Waals surface area (Å²) in [5.41, 5.74) is 1.64. The maximum Gasteiger partial charge on any atom is 0.338 e. The zero-order chi connectivity index (χ0) is 24.3. The van der Waals surface area contributed by atoms with Crippen molar-refractivity contribution in [3.8, 4) is 0 Å². The van der Waals surface area contributed by atoms with Crippen molar-refractivity contribution in [3.63, 3.8) is 0 Å². The van der Waals surface area contributed by atoms with Crippen LogP contribution >= 0.6 is 0 Å². The molecule has 0 amide bonds. The van der Waals surface area contributed by atoms with Crippen LogP contribution in [0.15, 0.2) is 24.3 Å². The number of rotatable bonds is 19. The van der Waals surface area contributed by atoms with E-state index in [1.807, 2.05) is 45.0 Å². The molecule has 0 heterocycles. The van der Waals surface area contributed by atoms with Gasteiger partial charge >= 0.3 is 11.9 Å². The van der Waals surface area contributed by atoms with Gasteiger partial charge in [-0.25, -0.2) is 4.79 Å². The van der Waals surface area contributed by atoms with Gasteiger partial charge in [0.05, 0.1) is 24.2 Å². The second kappa shape index (κ2) is 18.4. The van der Waals surface area contributed by atoms with Gasteiger partial charge in [0, 0.05) is 12.2 Å². The Balaban J connectivity index is 1.95. The van der Waals surface area contributed by atoms with Crippen LogP contribution < -0.4 is 5.32 Å². The van der Waals surface area contributed by atoms with Crippen molar-refractivity contribution in [1.82, 2.24) is 0 Å². The minimum absolute atomic E-state index is 0.0169. The van der Waals surface area contributed by atoms with Crippen LogP contribution in [-0.4, -0.2) is 31.2 Å². The minimum atomic E-state index is -0.268. The highest BCUT2D eigenvalue weighted by Gasteiger charge is 2.16. The Kier molecular flexibility index (Phi) is 16.2. The molecule has 1 N–H and O–H groups in total. The van der Waals surface area contributed by atoms with Crippen molar-refractivity contribution in [2.75, 3.05) is 18.5 Å². The first-order valence-corrected chi connectivity index (χ1v) is 13.2. The van der Waals surface area contributed by atoms with Crippen molar-refractivity contribution in [3.05, 3.63) is 29.8 Å². The Morgan fingerprint density at radius 1 is 0.818 bits per heavy atom. The average Bonchev–Trinajstić information content (AvgIpc) is 2.79. The van der Waals surface area contributed by atoms with Crippen molar-refractivity contribution in [1.29, 1.82) is 0 Å². The number of esters is 2. The predicted octanol–water partition coefficient (Wildman–Crippen LogP) is 7.54. The minimum Gasteiger partial charge on any atom is -0.466 e. The first-order chi connectivity index (χ1) is 16.0. The number of ether oxygens (including phenoxy) is 2. The van der Waals surface area contributed by atoms with Crippen LogP contribution in [0.3, 0.4) is 0 Å².